The minimum absolute atomic E-state index is 0.0843. The molecule has 0 bridgehead atoms. The number of hydrogen-bond acceptors (Lipinski definition) is 3. The fraction of sp³-hybridized carbons (Fsp3) is 0.900. The highest BCUT2D eigenvalue weighted by Crippen LogP contribution is 2.29. The summed E-state index contributed by atoms with van der Waals surface area (Å²) in [5.74, 6) is 1.37. The molecule has 2 rings (SSSR count). The van der Waals surface area contributed by atoms with Gasteiger partial charge in [0.2, 0.25) is 0 Å². The Morgan fingerprint density at radius 2 is 2.21 bits per heavy atom. The predicted octanol–water partition coefficient (Wildman–Crippen LogP) is 0.557. The molecule has 14 heavy (non-hydrogen) atoms. The molecule has 1 aliphatic carbocycles. The number of nitrogens with two attached hydrogens (primary N) is 1. The third-order valence-electron chi connectivity index (χ3n) is 2.88. The fourth-order valence-corrected chi connectivity index (χ4v) is 1.75. The molecular formula is C10H18N2O2. The first-order valence-electron chi connectivity index (χ1n) is 5.25. The molecule has 2 unspecified atom stereocenters. The summed E-state index contributed by atoms with van der Waals surface area (Å²) in [7, 11) is 1.70. The van der Waals surface area contributed by atoms with Gasteiger partial charge in [0, 0.05) is 19.6 Å². The van der Waals surface area contributed by atoms with Crippen LogP contribution >= 0.6 is 0 Å². The zero-order valence-electron chi connectivity index (χ0n) is 8.61. The van der Waals surface area contributed by atoms with Crippen LogP contribution in [0.5, 0.6) is 0 Å². The fourth-order valence-electron chi connectivity index (χ4n) is 1.75. The van der Waals surface area contributed by atoms with E-state index in [4.69, 9.17) is 15.2 Å². The summed E-state index contributed by atoms with van der Waals surface area (Å²) in [6.07, 6.45) is 3.42. The molecule has 2 N–H and O–H groups in total. The van der Waals surface area contributed by atoms with E-state index in [9.17, 15) is 0 Å². The van der Waals surface area contributed by atoms with E-state index in [1.807, 2.05) is 0 Å². The lowest BCUT2D eigenvalue weighted by Crippen LogP contribution is -2.38. The van der Waals surface area contributed by atoms with Crippen LogP contribution in [0.4, 0.5) is 0 Å². The summed E-state index contributed by atoms with van der Waals surface area (Å²) in [5, 5.41) is 0. The van der Waals surface area contributed by atoms with Crippen molar-refractivity contribution in [2.24, 2.45) is 16.6 Å². The van der Waals surface area contributed by atoms with Crippen molar-refractivity contribution in [2.45, 2.75) is 31.4 Å². The molecule has 1 aliphatic heterocycles. The Labute approximate surface area is 84.5 Å². The third kappa shape index (κ3) is 2.25. The van der Waals surface area contributed by atoms with Gasteiger partial charge in [-0.1, -0.05) is 0 Å². The smallest absolute Gasteiger partial charge is 0.103 e. The summed E-state index contributed by atoms with van der Waals surface area (Å²) in [6, 6.07) is 0.203. The van der Waals surface area contributed by atoms with Gasteiger partial charge in [-0.3, -0.25) is 4.99 Å². The summed E-state index contributed by atoms with van der Waals surface area (Å²) in [4.78, 5) is 4.54. The maximum absolute atomic E-state index is 5.88. The standard InChI is InChI=1S/C10H18N2O2/c1-13-9-6-14-5-4-8(9)12-10(11)7-2-3-7/h7-9H,2-6H2,1H3,(H2,11,12). The lowest BCUT2D eigenvalue weighted by atomic mass is 10.1. The van der Waals surface area contributed by atoms with Gasteiger partial charge in [0.1, 0.15) is 6.10 Å². The number of hydrogen-bond donors (Lipinski definition) is 1. The van der Waals surface area contributed by atoms with Crippen LogP contribution in [0.1, 0.15) is 19.3 Å². The van der Waals surface area contributed by atoms with Gasteiger partial charge in [0.15, 0.2) is 0 Å². The van der Waals surface area contributed by atoms with Gasteiger partial charge < -0.3 is 15.2 Å². The van der Waals surface area contributed by atoms with Gasteiger partial charge in [0.25, 0.3) is 0 Å². The normalized spacial score (nSPS) is 34.5. The molecular weight excluding hydrogens is 180 g/mol. The van der Waals surface area contributed by atoms with E-state index in [0.717, 1.165) is 18.9 Å². The summed E-state index contributed by atoms with van der Waals surface area (Å²) >= 11 is 0. The lowest BCUT2D eigenvalue weighted by Gasteiger charge is -2.27. The second kappa shape index (κ2) is 4.28. The second-order valence-corrected chi connectivity index (χ2v) is 4.03. The molecule has 0 spiro atoms. The highest BCUT2D eigenvalue weighted by Gasteiger charge is 2.29. The molecule has 1 saturated heterocycles. The van der Waals surface area contributed by atoms with E-state index in [1.165, 1.54) is 12.8 Å². The van der Waals surface area contributed by atoms with E-state index >= 15 is 0 Å². The van der Waals surface area contributed by atoms with Crippen molar-refractivity contribution in [3.05, 3.63) is 0 Å². The number of rotatable bonds is 3. The van der Waals surface area contributed by atoms with Crippen LogP contribution in [0.3, 0.4) is 0 Å². The number of aliphatic imine (C=N–C) groups is 1. The maximum atomic E-state index is 5.88. The highest BCUT2D eigenvalue weighted by atomic mass is 16.5. The first kappa shape index (κ1) is 9.93. The number of ether oxygens (including phenoxy) is 2. The summed E-state index contributed by atoms with van der Waals surface area (Å²) < 4.78 is 10.6. The van der Waals surface area contributed by atoms with Crippen molar-refractivity contribution in [2.75, 3.05) is 20.3 Å². The Morgan fingerprint density at radius 1 is 1.43 bits per heavy atom. The minimum atomic E-state index is 0.0843. The molecule has 4 heteroatoms. The molecule has 1 heterocycles. The molecule has 2 aliphatic rings. The van der Waals surface area contributed by atoms with E-state index in [-0.39, 0.29) is 12.1 Å². The van der Waals surface area contributed by atoms with Gasteiger partial charge >= 0.3 is 0 Å². The second-order valence-electron chi connectivity index (χ2n) is 4.03. The van der Waals surface area contributed by atoms with Crippen LogP contribution in [0, 0.1) is 5.92 Å². The summed E-state index contributed by atoms with van der Waals surface area (Å²) in [5.41, 5.74) is 5.88. The quantitative estimate of drug-likeness (QED) is 0.532. The topological polar surface area (TPSA) is 56.8 Å². The van der Waals surface area contributed by atoms with Crippen LogP contribution in [-0.2, 0) is 9.47 Å². The minimum Gasteiger partial charge on any atom is -0.387 e. The van der Waals surface area contributed by atoms with Gasteiger partial charge in [0.05, 0.1) is 18.5 Å². The van der Waals surface area contributed by atoms with Crippen molar-refractivity contribution in [3.8, 4) is 0 Å². The van der Waals surface area contributed by atoms with Gasteiger partial charge in [-0.2, -0.15) is 0 Å². The average Bonchev–Trinajstić information content (AvgIpc) is 3.02. The summed E-state index contributed by atoms with van der Waals surface area (Å²) in [6.45, 7) is 1.41. The van der Waals surface area contributed by atoms with Gasteiger partial charge in [-0.15, -0.1) is 0 Å². The number of methoxy groups -OCH3 is 1. The zero-order valence-corrected chi connectivity index (χ0v) is 8.61. The highest BCUT2D eigenvalue weighted by molar-refractivity contribution is 5.85. The predicted molar refractivity (Wildman–Crippen MR) is 54.4 cm³/mol. The SMILES string of the molecule is COC1COCCC1N=C(N)C1CC1. The van der Waals surface area contributed by atoms with E-state index in [1.54, 1.807) is 7.11 Å². The first-order chi connectivity index (χ1) is 6.81. The Kier molecular flexibility index (Phi) is 3.03. The molecule has 0 amide bonds. The van der Waals surface area contributed by atoms with Crippen LogP contribution in [0.2, 0.25) is 0 Å². The Morgan fingerprint density at radius 3 is 2.86 bits per heavy atom. The molecule has 2 atom stereocenters. The lowest BCUT2D eigenvalue weighted by molar-refractivity contribution is -0.0406. The van der Waals surface area contributed by atoms with Crippen molar-refractivity contribution >= 4 is 5.84 Å². The number of amidine groups is 1. The Balaban J connectivity index is 1.95. The van der Waals surface area contributed by atoms with Crippen LogP contribution in [-0.4, -0.2) is 38.3 Å². The van der Waals surface area contributed by atoms with Crippen molar-refractivity contribution in [1.29, 1.82) is 0 Å². The maximum Gasteiger partial charge on any atom is 0.103 e. The molecule has 2 fully saturated rings. The van der Waals surface area contributed by atoms with Crippen molar-refractivity contribution in [3.63, 3.8) is 0 Å². The van der Waals surface area contributed by atoms with Crippen LogP contribution in [0.15, 0.2) is 4.99 Å². The largest absolute Gasteiger partial charge is 0.387 e. The van der Waals surface area contributed by atoms with Gasteiger partial charge in [-0.05, 0) is 19.3 Å². The molecule has 0 radical (unpaired) electrons. The van der Waals surface area contributed by atoms with Gasteiger partial charge in [-0.25, -0.2) is 0 Å². The first-order valence-corrected chi connectivity index (χ1v) is 5.25. The van der Waals surface area contributed by atoms with Crippen LogP contribution < -0.4 is 5.73 Å². The Bertz CT molecular complexity index is 226. The van der Waals surface area contributed by atoms with Crippen molar-refractivity contribution < 1.29 is 9.47 Å². The van der Waals surface area contributed by atoms with E-state index < -0.39 is 0 Å². The third-order valence-corrected chi connectivity index (χ3v) is 2.88. The van der Waals surface area contributed by atoms with Crippen molar-refractivity contribution in [1.82, 2.24) is 0 Å². The molecule has 0 aromatic carbocycles. The average molecular weight is 198 g/mol. The van der Waals surface area contributed by atoms with E-state index in [0.29, 0.717) is 12.5 Å². The number of nitrogens with zero attached hydrogens (tertiary/aromatic N) is 1. The van der Waals surface area contributed by atoms with Crippen LogP contribution in [0.25, 0.3) is 0 Å². The van der Waals surface area contributed by atoms with E-state index in [2.05, 4.69) is 4.99 Å². The molecule has 0 aromatic rings. The molecule has 4 nitrogen and oxygen atoms in total. The molecule has 1 saturated carbocycles. The molecule has 0 aromatic heterocycles. The Hall–Kier alpha value is -0.610. The zero-order chi connectivity index (χ0) is 9.97. The monoisotopic (exact) mass is 198 g/mol. The molecule has 80 valence electrons.